The first kappa shape index (κ1) is 12.5. The van der Waals surface area contributed by atoms with Gasteiger partial charge < -0.3 is 4.74 Å². The molecule has 0 aromatic heterocycles. The largest absolute Gasteiger partial charge is 0.486 e. The van der Waals surface area contributed by atoms with E-state index in [1.165, 1.54) is 12.0 Å². The van der Waals surface area contributed by atoms with Gasteiger partial charge in [-0.25, -0.2) is 0 Å². The van der Waals surface area contributed by atoms with Gasteiger partial charge in [0.05, 0.1) is 0 Å². The zero-order chi connectivity index (χ0) is 13.5. The summed E-state index contributed by atoms with van der Waals surface area (Å²) < 4.78 is 6.24. The molecule has 4 rings (SSSR count). The fourth-order valence-electron chi connectivity index (χ4n) is 3.68. The molecule has 0 heterocycles. The van der Waals surface area contributed by atoms with Gasteiger partial charge in [0.1, 0.15) is 11.9 Å². The Bertz CT molecular complexity index is 514. The molecule has 1 fully saturated rings. The maximum absolute atomic E-state index is 6.24. The highest BCUT2D eigenvalue weighted by Crippen LogP contribution is 2.59. The smallest absolute Gasteiger partial charge is 0.120 e. The van der Waals surface area contributed by atoms with E-state index in [0.717, 1.165) is 11.7 Å². The highest BCUT2D eigenvalue weighted by Gasteiger charge is 2.55. The van der Waals surface area contributed by atoms with Gasteiger partial charge in [0.15, 0.2) is 0 Å². The van der Waals surface area contributed by atoms with Crippen LogP contribution in [-0.2, 0) is 4.74 Å². The van der Waals surface area contributed by atoms with Gasteiger partial charge in [0.2, 0.25) is 0 Å². The molecule has 4 aliphatic rings. The minimum Gasteiger partial charge on any atom is -0.486 e. The van der Waals surface area contributed by atoms with Gasteiger partial charge in [-0.15, -0.1) is 0 Å². The summed E-state index contributed by atoms with van der Waals surface area (Å²) in [4.78, 5) is 0. The Hall–Kier alpha value is -1.50. The first-order chi connectivity index (χ1) is 9.09. The number of fused-ring (bicyclic) bond motifs is 1. The molecule has 100 valence electrons. The van der Waals surface area contributed by atoms with Gasteiger partial charge >= 0.3 is 0 Å². The third kappa shape index (κ3) is 2.11. The summed E-state index contributed by atoms with van der Waals surface area (Å²) in [6.45, 7) is 7.01. The lowest BCUT2D eigenvalue weighted by molar-refractivity contribution is -0.0842. The van der Waals surface area contributed by atoms with Crippen molar-refractivity contribution < 1.29 is 4.74 Å². The summed E-state index contributed by atoms with van der Waals surface area (Å²) in [7, 11) is 0. The Morgan fingerprint density at radius 2 is 1.84 bits per heavy atom. The first-order valence-corrected chi connectivity index (χ1v) is 7.16. The van der Waals surface area contributed by atoms with E-state index in [2.05, 4.69) is 26.8 Å². The quantitative estimate of drug-likeness (QED) is 0.656. The Balaban J connectivity index is 1.79. The Kier molecular flexibility index (Phi) is 3.00. The van der Waals surface area contributed by atoms with Crippen LogP contribution in [0.1, 0.15) is 27.2 Å². The van der Waals surface area contributed by atoms with Crippen LogP contribution in [0.2, 0.25) is 0 Å². The van der Waals surface area contributed by atoms with Crippen molar-refractivity contribution >= 4 is 0 Å². The number of allylic oxidation sites excluding steroid dienone is 8. The van der Waals surface area contributed by atoms with Crippen LogP contribution in [0.4, 0.5) is 0 Å². The maximum atomic E-state index is 6.24. The van der Waals surface area contributed by atoms with Crippen molar-refractivity contribution in [3.05, 3.63) is 59.9 Å². The third-order valence-electron chi connectivity index (χ3n) is 4.95. The van der Waals surface area contributed by atoms with Crippen molar-refractivity contribution in [1.82, 2.24) is 0 Å². The van der Waals surface area contributed by atoms with E-state index in [1.54, 1.807) is 0 Å². The van der Waals surface area contributed by atoms with Crippen molar-refractivity contribution in [3.8, 4) is 0 Å². The summed E-state index contributed by atoms with van der Waals surface area (Å²) in [5.41, 5.74) is 1.90. The van der Waals surface area contributed by atoms with Crippen LogP contribution < -0.4 is 0 Å². The second-order valence-electron chi connectivity index (χ2n) is 6.41. The minimum atomic E-state index is 0.229. The highest BCUT2D eigenvalue weighted by molar-refractivity contribution is 5.30. The van der Waals surface area contributed by atoms with Gasteiger partial charge in [0, 0.05) is 5.92 Å². The van der Waals surface area contributed by atoms with Crippen LogP contribution in [0.25, 0.3) is 0 Å². The molecule has 1 heteroatoms. The molecule has 0 amide bonds. The van der Waals surface area contributed by atoms with Gasteiger partial charge in [-0.3, -0.25) is 0 Å². The normalized spacial score (nSPS) is 42.6. The standard InChI is InChI=1S/C18H22O/c1-13-11-17(16-12-15(13)18(16,2)3)19-14-9-7-5-4-6-8-10-14/h4-11,15-17H,12H2,1-3H3/b5-4-,6-4?,7-5?,8-6-,9-7-,10-8?,14-9?,14-10+/t15-,16+,17-/m0/s1. The number of hydrogen-bond donors (Lipinski definition) is 0. The van der Waals surface area contributed by atoms with Gasteiger partial charge in [0.25, 0.3) is 0 Å². The topological polar surface area (TPSA) is 9.23 Å². The van der Waals surface area contributed by atoms with Crippen molar-refractivity contribution in [2.45, 2.75) is 33.3 Å². The van der Waals surface area contributed by atoms with Crippen molar-refractivity contribution in [2.75, 3.05) is 0 Å². The molecule has 4 aliphatic carbocycles. The van der Waals surface area contributed by atoms with Gasteiger partial charge in [-0.2, -0.15) is 0 Å². The number of ether oxygens (including phenoxy) is 1. The molecule has 0 aromatic rings. The maximum Gasteiger partial charge on any atom is 0.120 e. The fraction of sp³-hybridized carbons (Fsp3) is 0.444. The lowest BCUT2D eigenvalue weighted by Gasteiger charge is -2.58. The first-order valence-electron chi connectivity index (χ1n) is 7.16. The Morgan fingerprint density at radius 1 is 1.11 bits per heavy atom. The van der Waals surface area contributed by atoms with Crippen LogP contribution in [0, 0.1) is 17.3 Å². The molecule has 2 bridgehead atoms. The van der Waals surface area contributed by atoms with Crippen LogP contribution in [0.3, 0.4) is 0 Å². The molecule has 3 atom stereocenters. The van der Waals surface area contributed by atoms with Gasteiger partial charge in [-0.05, 0) is 42.9 Å². The molecular formula is C18H22O. The van der Waals surface area contributed by atoms with Crippen molar-refractivity contribution in [2.24, 2.45) is 17.3 Å². The second kappa shape index (κ2) is 4.56. The molecule has 1 nitrogen and oxygen atoms in total. The summed E-state index contributed by atoms with van der Waals surface area (Å²) in [5.74, 6) is 2.37. The summed E-state index contributed by atoms with van der Waals surface area (Å²) in [6.07, 6.45) is 18.1. The number of rotatable bonds is 2. The Morgan fingerprint density at radius 3 is 2.58 bits per heavy atom. The van der Waals surface area contributed by atoms with Crippen LogP contribution in [-0.4, -0.2) is 6.10 Å². The molecular weight excluding hydrogens is 232 g/mol. The third-order valence-corrected chi connectivity index (χ3v) is 4.95. The van der Waals surface area contributed by atoms with E-state index in [1.807, 2.05) is 42.5 Å². The zero-order valence-electron chi connectivity index (χ0n) is 12.0. The molecule has 0 radical (unpaired) electrons. The van der Waals surface area contributed by atoms with E-state index in [9.17, 15) is 0 Å². The molecule has 0 saturated heterocycles. The summed E-state index contributed by atoms with van der Waals surface area (Å²) >= 11 is 0. The van der Waals surface area contributed by atoms with Gasteiger partial charge in [-0.1, -0.05) is 49.8 Å². The lowest BCUT2D eigenvalue weighted by Crippen LogP contribution is -2.54. The molecule has 19 heavy (non-hydrogen) atoms. The molecule has 0 unspecified atom stereocenters. The van der Waals surface area contributed by atoms with Crippen LogP contribution in [0.5, 0.6) is 0 Å². The van der Waals surface area contributed by atoms with Crippen LogP contribution >= 0.6 is 0 Å². The van der Waals surface area contributed by atoms with E-state index in [0.29, 0.717) is 11.3 Å². The predicted molar refractivity (Wildman–Crippen MR) is 79.5 cm³/mol. The fourth-order valence-corrected chi connectivity index (χ4v) is 3.68. The second-order valence-corrected chi connectivity index (χ2v) is 6.41. The van der Waals surface area contributed by atoms with E-state index in [4.69, 9.17) is 4.74 Å². The zero-order valence-corrected chi connectivity index (χ0v) is 12.0. The monoisotopic (exact) mass is 254 g/mol. The Labute approximate surface area is 116 Å². The molecule has 0 aromatic carbocycles. The summed E-state index contributed by atoms with van der Waals surface area (Å²) in [6, 6.07) is 0. The predicted octanol–water partition coefficient (Wildman–Crippen LogP) is 4.56. The van der Waals surface area contributed by atoms with Crippen molar-refractivity contribution in [1.29, 1.82) is 0 Å². The minimum absolute atomic E-state index is 0.229. The lowest BCUT2D eigenvalue weighted by atomic mass is 9.48. The van der Waals surface area contributed by atoms with E-state index < -0.39 is 0 Å². The average Bonchev–Trinajstić information content (AvgIpc) is 2.31. The molecule has 0 N–H and O–H groups in total. The van der Waals surface area contributed by atoms with E-state index >= 15 is 0 Å². The molecule has 0 spiro atoms. The van der Waals surface area contributed by atoms with Crippen molar-refractivity contribution in [3.63, 3.8) is 0 Å². The molecule has 1 saturated carbocycles. The summed E-state index contributed by atoms with van der Waals surface area (Å²) in [5, 5.41) is 0. The van der Waals surface area contributed by atoms with E-state index in [-0.39, 0.29) is 6.10 Å². The van der Waals surface area contributed by atoms with Crippen LogP contribution in [0.15, 0.2) is 59.9 Å². The SMILES string of the molecule is CC1=C[C@H](OC2=C/C=C\C=C/C=C\2)[C@H]2C[C@@H]1C2(C)C. The number of hydrogen-bond acceptors (Lipinski definition) is 1. The highest BCUT2D eigenvalue weighted by atomic mass is 16.5. The molecule has 0 aliphatic heterocycles. The average molecular weight is 254 g/mol.